The van der Waals surface area contributed by atoms with E-state index < -0.39 is 0 Å². The Balaban J connectivity index is 1.57. The van der Waals surface area contributed by atoms with E-state index in [9.17, 15) is 0 Å². The first-order valence-electron chi connectivity index (χ1n) is 8.80. The summed E-state index contributed by atoms with van der Waals surface area (Å²) in [4.78, 5) is 3.19. The van der Waals surface area contributed by atoms with Crippen LogP contribution < -0.4 is 0 Å². The van der Waals surface area contributed by atoms with Crippen molar-refractivity contribution in [2.24, 2.45) is 52.0 Å². The molecule has 3 heteroatoms. The second-order valence-electron chi connectivity index (χ2n) is 8.66. The lowest BCUT2D eigenvalue weighted by molar-refractivity contribution is -0.237. The van der Waals surface area contributed by atoms with Gasteiger partial charge in [0, 0.05) is 11.0 Å². The van der Waals surface area contributed by atoms with Gasteiger partial charge in [0.05, 0.1) is 0 Å². The van der Waals surface area contributed by atoms with Crippen molar-refractivity contribution in [1.29, 1.82) is 0 Å². The summed E-state index contributed by atoms with van der Waals surface area (Å²) in [7, 11) is 0. The summed E-state index contributed by atoms with van der Waals surface area (Å²) < 4.78 is 0. The molecule has 0 aliphatic heterocycles. The molecule has 108 valence electrons. The molecule has 1 atom stereocenters. The smallest absolute Gasteiger partial charge is 0.0428 e. The predicted octanol–water partition coefficient (Wildman–Crippen LogP) is 4.78. The van der Waals surface area contributed by atoms with Gasteiger partial charge in [-0.15, -0.1) is 0 Å². The van der Waals surface area contributed by atoms with E-state index in [0.29, 0.717) is 5.41 Å². The van der Waals surface area contributed by atoms with Crippen molar-refractivity contribution in [2.45, 2.75) is 57.9 Å². The molecular formula is C17H25N3. The van der Waals surface area contributed by atoms with Gasteiger partial charge in [0.2, 0.25) is 0 Å². The van der Waals surface area contributed by atoms with E-state index in [4.69, 9.17) is 5.53 Å². The molecular weight excluding hydrogens is 246 g/mol. The molecule has 0 spiro atoms. The summed E-state index contributed by atoms with van der Waals surface area (Å²) in [5, 5.41) is 4.24. The number of hydrogen-bond donors (Lipinski definition) is 0. The first kappa shape index (κ1) is 11.9. The lowest BCUT2D eigenvalue weighted by Crippen LogP contribution is -2.66. The molecule has 0 radical (unpaired) electrons. The van der Waals surface area contributed by atoms with Gasteiger partial charge in [-0.2, -0.15) is 0 Å². The van der Waals surface area contributed by atoms with Crippen LogP contribution in [0.2, 0.25) is 0 Å². The maximum Gasteiger partial charge on any atom is 0.0428 e. The zero-order chi connectivity index (χ0) is 13.5. The Kier molecular flexibility index (Phi) is 2.23. The van der Waals surface area contributed by atoms with Gasteiger partial charge in [-0.25, -0.2) is 0 Å². The maximum absolute atomic E-state index is 8.95. The molecule has 0 aromatic rings. The summed E-state index contributed by atoms with van der Waals surface area (Å²) in [6.07, 6.45) is 9.86. The lowest BCUT2D eigenvalue weighted by atomic mass is 9.32. The molecule has 7 rings (SSSR count). The largest absolute Gasteiger partial charge is 0.0901 e. The molecule has 0 N–H and O–H groups in total. The van der Waals surface area contributed by atoms with E-state index in [2.05, 4.69) is 16.9 Å². The summed E-state index contributed by atoms with van der Waals surface area (Å²) in [5.41, 5.74) is 9.35. The van der Waals surface area contributed by atoms with Crippen LogP contribution >= 0.6 is 0 Å². The van der Waals surface area contributed by atoms with Crippen LogP contribution in [0.25, 0.3) is 10.4 Å². The van der Waals surface area contributed by atoms with Gasteiger partial charge < -0.3 is 0 Å². The fraction of sp³-hybridized carbons (Fsp3) is 1.00. The number of hydrogen-bond acceptors (Lipinski definition) is 1. The van der Waals surface area contributed by atoms with Crippen molar-refractivity contribution in [1.82, 2.24) is 0 Å². The first-order chi connectivity index (χ1) is 9.75. The van der Waals surface area contributed by atoms with E-state index in [1.165, 1.54) is 19.3 Å². The quantitative estimate of drug-likeness (QED) is 0.403. The van der Waals surface area contributed by atoms with Crippen LogP contribution in [0.5, 0.6) is 0 Å². The van der Waals surface area contributed by atoms with Gasteiger partial charge in [-0.1, -0.05) is 12.0 Å². The van der Waals surface area contributed by atoms with E-state index in [1.807, 2.05) is 0 Å². The Labute approximate surface area is 121 Å². The Bertz CT molecular complexity index is 432. The third-order valence-corrected chi connectivity index (χ3v) is 8.33. The molecule has 20 heavy (non-hydrogen) atoms. The third kappa shape index (κ3) is 1.23. The van der Waals surface area contributed by atoms with Crippen LogP contribution in [-0.2, 0) is 0 Å². The van der Waals surface area contributed by atoms with Crippen LogP contribution in [0.4, 0.5) is 0 Å². The zero-order valence-corrected chi connectivity index (χ0v) is 12.4. The monoisotopic (exact) mass is 271 g/mol. The second kappa shape index (κ2) is 3.74. The molecule has 0 aromatic heterocycles. The van der Waals surface area contributed by atoms with Crippen molar-refractivity contribution in [3.63, 3.8) is 0 Å². The summed E-state index contributed by atoms with van der Waals surface area (Å²) in [6.45, 7) is 2.22. The molecule has 7 aliphatic carbocycles. The Hall–Kier alpha value is -0.690. The van der Waals surface area contributed by atoms with Gasteiger partial charge in [-0.05, 0) is 97.3 Å². The highest BCUT2D eigenvalue weighted by atomic mass is 15.2. The second-order valence-corrected chi connectivity index (χ2v) is 8.66. The molecule has 0 amide bonds. The SMILES string of the molecule is CCC(N=[N+]=[N-])C12CC3C4CC5CC3C(C1)C(C5)C4C2. The van der Waals surface area contributed by atoms with E-state index >= 15 is 0 Å². The summed E-state index contributed by atoms with van der Waals surface area (Å²) >= 11 is 0. The fourth-order valence-electron chi connectivity index (χ4n) is 8.07. The van der Waals surface area contributed by atoms with Crippen LogP contribution in [0.1, 0.15) is 51.9 Å². The molecule has 3 nitrogen and oxygen atoms in total. The van der Waals surface area contributed by atoms with Crippen molar-refractivity contribution >= 4 is 0 Å². The molecule has 0 saturated heterocycles. The lowest BCUT2D eigenvalue weighted by Gasteiger charge is -2.73. The number of nitrogens with zero attached hydrogens (tertiary/aromatic N) is 3. The van der Waals surface area contributed by atoms with Gasteiger partial charge >= 0.3 is 0 Å². The Morgan fingerprint density at radius 2 is 1.50 bits per heavy atom. The highest BCUT2D eigenvalue weighted by molar-refractivity contribution is 5.18. The zero-order valence-electron chi connectivity index (χ0n) is 12.4. The standard InChI is InChI=1S/C17H25N3/c1-2-16(19-20-18)17-6-13-10-3-9-4-11(13)15(8-17)12(5-9)14(10)7-17/h9-16H,2-8H2,1H3. The highest BCUT2D eigenvalue weighted by Crippen LogP contribution is 2.75. The minimum Gasteiger partial charge on any atom is -0.0901 e. The van der Waals surface area contributed by atoms with Crippen molar-refractivity contribution in [2.75, 3.05) is 0 Å². The van der Waals surface area contributed by atoms with Gasteiger partial charge in [-0.3, -0.25) is 0 Å². The molecule has 1 unspecified atom stereocenters. The minimum atomic E-state index is 0.275. The molecule has 7 fully saturated rings. The molecule has 0 heterocycles. The molecule has 7 aliphatic rings. The fourth-order valence-corrected chi connectivity index (χ4v) is 8.07. The topological polar surface area (TPSA) is 48.8 Å². The van der Waals surface area contributed by atoms with E-state index in [0.717, 1.165) is 47.8 Å². The third-order valence-electron chi connectivity index (χ3n) is 8.33. The highest BCUT2D eigenvalue weighted by Gasteiger charge is 2.68. The predicted molar refractivity (Wildman–Crippen MR) is 77.8 cm³/mol. The minimum absolute atomic E-state index is 0.275. The maximum atomic E-state index is 8.95. The average Bonchev–Trinajstić information content (AvgIpc) is 2.49. The van der Waals surface area contributed by atoms with E-state index in [1.54, 1.807) is 19.3 Å². The molecule has 0 aromatic carbocycles. The number of azide groups is 1. The molecule has 7 saturated carbocycles. The van der Waals surface area contributed by atoms with Crippen LogP contribution in [0.15, 0.2) is 5.11 Å². The number of rotatable bonds is 3. The van der Waals surface area contributed by atoms with Crippen molar-refractivity contribution in [3.8, 4) is 0 Å². The van der Waals surface area contributed by atoms with Crippen molar-refractivity contribution < 1.29 is 0 Å². The normalized spacial score (nSPS) is 58.8. The molecule has 8 bridgehead atoms. The van der Waals surface area contributed by atoms with Crippen LogP contribution in [0, 0.1) is 46.8 Å². The van der Waals surface area contributed by atoms with Gasteiger partial charge in [0.25, 0.3) is 0 Å². The Morgan fingerprint density at radius 1 is 1.00 bits per heavy atom. The first-order valence-corrected chi connectivity index (χ1v) is 8.80. The van der Waals surface area contributed by atoms with Crippen molar-refractivity contribution in [3.05, 3.63) is 10.4 Å². The average molecular weight is 271 g/mol. The van der Waals surface area contributed by atoms with Crippen LogP contribution in [-0.4, -0.2) is 6.04 Å². The van der Waals surface area contributed by atoms with Gasteiger partial charge in [0.1, 0.15) is 0 Å². The van der Waals surface area contributed by atoms with Crippen LogP contribution in [0.3, 0.4) is 0 Å². The van der Waals surface area contributed by atoms with Gasteiger partial charge in [0.15, 0.2) is 0 Å². The Morgan fingerprint density at radius 3 is 1.90 bits per heavy atom. The summed E-state index contributed by atoms with van der Waals surface area (Å²) in [6, 6.07) is 0.275. The van der Waals surface area contributed by atoms with E-state index in [-0.39, 0.29) is 6.04 Å². The summed E-state index contributed by atoms with van der Waals surface area (Å²) in [5.74, 6) is 7.28.